The topological polar surface area (TPSA) is 358 Å². The van der Waals surface area contributed by atoms with Crippen LogP contribution in [0, 0.1) is 104 Å². The lowest BCUT2D eigenvalue weighted by Gasteiger charge is -2.63. The highest BCUT2D eigenvalue weighted by Crippen LogP contribution is 2.71. The number of fused-ring (bicyclic) bond motifs is 10. The SMILES string of the molecule is C=C1CC[C@](C)(/C=C/[C@H](O)[C@@H](C)[C@H]2CC[C@H]3[C@@H]4C[C@H](OS(=O)(=O)O)[C@H]5C[C@@H](O)[C@@H](OS(=O)(=O)O)C[C@]5(C)[C@H]4CC[C@]23C)[C@H]1CC[C@@H](C)[C@H]1CC[C@H]2[C@@H]3C[C@H](OS(=O)(=O)O)[C@H]4C[C@H](OS(=O)(=O)O)[C@@H](OS(=O)(=O)O)C[C@]4(C)[C@H]3CC[C@]12C. The molecule has 9 fully saturated rings. The normalized spacial score (nSPS) is 46.9. The van der Waals surface area contributed by atoms with Gasteiger partial charge >= 0.3 is 52.0 Å². The lowest BCUT2D eigenvalue weighted by atomic mass is 9.43. The van der Waals surface area contributed by atoms with E-state index in [2.05, 4.69) is 47.3 Å². The fourth-order valence-electron chi connectivity index (χ4n) is 21.0. The van der Waals surface area contributed by atoms with E-state index in [-0.39, 0.29) is 108 Å². The van der Waals surface area contributed by atoms with Crippen molar-refractivity contribution in [2.75, 3.05) is 0 Å². The van der Waals surface area contributed by atoms with E-state index in [0.29, 0.717) is 18.8 Å². The number of allylic oxidation sites excluding steroid dienone is 2. The van der Waals surface area contributed by atoms with Crippen LogP contribution in [-0.4, -0.2) is 118 Å². The van der Waals surface area contributed by atoms with Crippen LogP contribution >= 0.6 is 0 Å². The second-order valence-electron chi connectivity index (χ2n) is 28.1. The van der Waals surface area contributed by atoms with Crippen molar-refractivity contribution in [1.82, 2.24) is 0 Å². The zero-order valence-electron chi connectivity index (χ0n) is 47.4. The summed E-state index contributed by atoms with van der Waals surface area (Å²) < 4.78 is 196. The molecule has 27 heteroatoms. The van der Waals surface area contributed by atoms with E-state index in [1.165, 1.54) is 5.57 Å². The zero-order valence-corrected chi connectivity index (χ0v) is 51.5. The Labute approximate surface area is 480 Å². The zero-order chi connectivity index (χ0) is 59.8. The molecule has 0 saturated heterocycles. The minimum absolute atomic E-state index is 0.0254. The summed E-state index contributed by atoms with van der Waals surface area (Å²) in [6.45, 7) is 19.6. The van der Waals surface area contributed by atoms with E-state index in [1.54, 1.807) is 0 Å². The molecule has 9 saturated carbocycles. The maximum Gasteiger partial charge on any atom is 0.397 e. The molecule has 9 aliphatic carbocycles. The number of hydrogen-bond acceptors (Lipinski definition) is 17. The largest absolute Gasteiger partial charge is 0.397 e. The third-order valence-electron chi connectivity index (χ3n) is 24.4. The monoisotopic (exact) mass is 1250 g/mol. The summed E-state index contributed by atoms with van der Waals surface area (Å²) in [5.74, 6) is -0.843. The predicted octanol–water partition coefficient (Wildman–Crippen LogP) is 7.99. The van der Waals surface area contributed by atoms with Crippen LogP contribution < -0.4 is 0 Å². The molecule has 9 aliphatic rings. The van der Waals surface area contributed by atoms with Crippen LogP contribution in [0.3, 0.4) is 0 Å². The molecule has 22 nitrogen and oxygen atoms in total. The highest BCUT2D eigenvalue weighted by Gasteiger charge is 2.67. The van der Waals surface area contributed by atoms with E-state index in [1.807, 2.05) is 19.9 Å². The number of hydrogen-bond donors (Lipinski definition) is 7. The van der Waals surface area contributed by atoms with Crippen LogP contribution in [0.1, 0.15) is 164 Å². The summed E-state index contributed by atoms with van der Waals surface area (Å²) in [4.78, 5) is 0. The van der Waals surface area contributed by atoms with E-state index >= 15 is 0 Å². The highest BCUT2D eigenvalue weighted by molar-refractivity contribution is 7.81. The Morgan fingerprint density at radius 3 is 1.46 bits per heavy atom. The molecule has 0 aliphatic heterocycles. The number of aliphatic hydroxyl groups is 2. The van der Waals surface area contributed by atoms with Gasteiger partial charge in [0, 0.05) is 0 Å². The van der Waals surface area contributed by atoms with Gasteiger partial charge < -0.3 is 10.2 Å². The summed E-state index contributed by atoms with van der Waals surface area (Å²) >= 11 is 0. The van der Waals surface area contributed by atoms with Gasteiger partial charge in [-0.25, -0.2) is 20.9 Å². The van der Waals surface area contributed by atoms with Crippen molar-refractivity contribution in [2.24, 2.45) is 104 Å². The molecule has 9 rings (SSSR count). The summed E-state index contributed by atoms with van der Waals surface area (Å²) in [5.41, 5.74) is -1.24. The highest BCUT2D eigenvalue weighted by atomic mass is 32.3. The van der Waals surface area contributed by atoms with E-state index in [9.17, 15) is 75.1 Å². The molecule has 81 heavy (non-hydrogen) atoms. The maximum absolute atomic E-state index is 12.4. The predicted molar refractivity (Wildman–Crippen MR) is 293 cm³/mol. The Balaban J connectivity index is 0.867. The van der Waals surface area contributed by atoms with Crippen LogP contribution in [-0.2, 0) is 72.9 Å². The molecule has 7 N–H and O–H groups in total. The van der Waals surface area contributed by atoms with Crippen LogP contribution in [0.2, 0.25) is 0 Å². The number of rotatable bonds is 18. The van der Waals surface area contributed by atoms with Crippen LogP contribution in [0.5, 0.6) is 0 Å². The lowest BCUT2D eigenvalue weighted by Crippen LogP contribution is -2.62. The first-order valence-electron chi connectivity index (χ1n) is 29.1. The van der Waals surface area contributed by atoms with Crippen molar-refractivity contribution in [1.29, 1.82) is 0 Å². The lowest BCUT2D eigenvalue weighted by molar-refractivity contribution is -0.187. The molecule has 0 heterocycles. The van der Waals surface area contributed by atoms with E-state index in [4.69, 9.17) is 20.9 Å². The Hall–Kier alpha value is -1.25. The van der Waals surface area contributed by atoms with Gasteiger partial charge in [0.25, 0.3) is 0 Å². The molecule has 0 aromatic carbocycles. The Kier molecular flexibility index (Phi) is 17.5. The number of aliphatic hydroxyl groups excluding tert-OH is 2. The van der Waals surface area contributed by atoms with Gasteiger partial charge in [-0.3, -0.25) is 22.8 Å². The Morgan fingerprint density at radius 2 is 0.951 bits per heavy atom. The van der Waals surface area contributed by atoms with Gasteiger partial charge in [-0.2, -0.15) is 42.1 Å². The first kappa shape index (κ1) is 64.2. The molecular formula is C54H88O22S5. The van der Waals surface area contributed by atoms with E-state index in [0.717, 1.165) is 70.6 Å². The van der Waals surface area contributed by atoms with Gasteiger partial charge in [0.05, 0.1) is 24.4 Å². The van der Waals surface area contributed by atoms with Crippen LogP contribution in [0.4, 0.5) is 0 Å². The van der Waals surface area contributed by atoms with Gasteiger partial charge in [-0.15, -0.1) is 0 Å². The maximum atomic E-state index is 12.4. The van der Waals surface area contributed by atoms with Gasteiger partial charge in [-0.1, -0.05) is 72.8 Å². The molecule has 0 aromatic heterocycles. The van der Waals surface area contributed by atoms with Crippen molar-refractivity contribution in [3.8, 4) is 0 Å². The summed E-state index contributed by atoms with van der Waals surface area (Å²) in [5, 5.41) is 23.1. The van der Waals surface area contributed by atoms with Gasteiger partial charge in [0.1, 0.15) is 18.3 Å². The molecule has 0 amide bonds. The van der Waals surface area contributed by atoms with Crippen molar-refractivity contribution in [2.45, 2.75) is 207 Å². The fraction of sp³-hybridized carbons (Fsp3) is 0.926. The van der Waals surface area contributed by atoms with Crippen molar-refractivity contribution >= 4 is 52.0 Å². The second kappa shape index (κ2) is 22.1. The molecule has 25 atom stereocenters. The Bertz CT molecular complexity index is 2990. The average Bonchev–Trinajstić information content (AvgIpc) is 4.15. The third kappa shape index (κ3) is 12.7. The second-order valence-corrected chi connectivity index (χ2v) is 33.4. The third-order valence-corrected chi connectivity index (χ3v) is 26.8. The standard InChI is InChI=1S/C54H88O22S5/c1-29(35-11-13-37-32-24-46(73-78(60,61)62)42-26-47(74-79(63,64)65)49(76-81(69,70)71)28-54(42,8)40(32)16-21-51(35,37)5)9-10-34-30(2)15-19-50(34,4)20-18-43(55)31(3)36-12-14-38-33-23-45(72-77(57,58)59)41-25-44(56)48(75-80(66,67)68)27-53(41,7)39(33)17-22-52(36,38)6/h18,20,29,31-49,55-56H,2,9-17,19,21-28H2,1,3-8H3,(H,57,58,59)(H,60,61,62)(H,63,64,65)(H,66,67,68)(H,69,70,71)/b20-18+/t29-,31+,32+,33+,34+,35-,36-,37+,38+,39+,40+,41-,42-,43+,44-,45+,46+,47+,48+,49+,50-,51-,52-,53-,54-/m1/s1. The first-order chi connectivity index (χ1) is 37.1. The molecule has 466 valence electrons. The minimum Gasteiger partial charge on any atom is -0.390 e. The van der Waals surface area contributed by atoms with Crippen LogP contribution in [0.25, 0.3) is 0 Å². The van der Waals surface area contributed by atoms with Crippen molar-refractivity contribution < 1.29 is 96.0 Å². The van der Waals surface area contributed by atoms with Crippen molar-refractivity contribution in [3.05, 3.63) is 24.3 Å². The van der Waals surface area contributed by atoms with Crippen molar-refractivity contribution in [3.63, 3.8) is 0 Å². The smallest absolute Gasteiger partial charge is 0.390 e. The van der Waals surface area contributed by atoms with Gasteiger partial charge in [0.15, 0.2) is 0 Å². The molecule has 0 aromatic rings. The summed E-state index contributed by atoms with van der Waals surface area (Å²) in [7, 11) is -25.1. The molecule has 0 spiro atoms. The summed E-state index contributed by atoms with van der Waals surface area (Å²) in [6, 6.07) is 0. The first-order valence-corrected chi connectivity index (χ1v) is 35.9. The molecule has 0 unspecified atom stereocenters. The quantitative estimate of drug-likeness (QED) is 0.0505. The fourth-order valence-corrected chi connectivity index (χ4v) is 23.6. The molecular weight excluding hydrogens is 1160 g/mol. The molecule has 0 radical (unpaired) electrons. The van der Waals surface area contributed by atoms with Gasteiger partial charge in [0.2, 0.25) is 0 Å². The molecule has 0 bridgehead atoms. The minimum atomic E-state index is -5.16. The van der Waals surface area contributed by atoms with Crippen LogP contribution in [0.15, 0.2) is 24.3 Å². The Morgan fingerprint density at radius 1 is 0.531 bits per heavy atom. The summed E-state index contributed by atoms with van der Waals surface area (Å²) in [6.07, 6.45) is 5.40. The average molecular weight is 1250 g/mol. The van der Waals surface area contributed by atoms with E-state index < -0.39 is 117 Å². The van der Waals surface area contributed by atoms with Gasteiger partial charge in [-0.05, 0) is 220 Å².